The van der Waals surface area contributed by atoms with Crippen LogP contribution in [0.15, 0.2) is 30.3 Å². The number of fused-ring (bicyclic) bond motifs is 3. The number of methoxy groups -OCH3 is 1. The van der Waals surface area contributed by atoms with E-state index in [9.17, 15) is 0 Å². The molecule has 3 atom stereocenters. The zero-order chi connectivity index (χ0) is 11.1. The van der Waals surface area contributed by atoms with E-state index in [0.717, 1.165) is 12.2 Å². The Kier molecular flexibility index (Phi) is 2.00. The Bertz CT molecular complexity index is 498. The van der Waals surface area contributed by atoms with E-state index < -0.39 is 0 Å². The molecule has 1 fully saturated rings. The summed E-state index contributed by atoms with van der Waals surface area (Å²) in [6.45, 7) is 0. The summed E-state index contributed by atoms with van der Waals surface area (Å²) in [5.41, 5.74) is 2.54. The summed E-state index contributed by atoms with van der Waals surface area (Å²) < 4.78 is 5.41. The van der Waals surface area contributed by atoms with Gasteiger partial charge in [-0.1, -0.05) is 24.3 Å². The Morgan fingerprint density at radius 1 is 1.38 bits per heavy atom. The van der Waals surface area contributed by atoms with Crippen molar-refractivity contribution in [3.63, 3.8) is 0 Å². The molecule has 0 unspecified atom stereocenters. The van der Waals surface area contributed by atoms with Crippen LogP contribution < -0.4 is 0 Å². The maximum Gasteiger partial charge on any atom is 0.122 e. The van der Waals surface area contributed by atoms with E-state index in [4.69, 9.17) is 10.00 Å². The van der Waals surface area contributed by atoms with Crippen LogP contribution in [0.3, 0.4) is 0 Å². The summed E-state index contributed by atoms with van der Waals surface area (Å²) in [6, 6.07) is 10.7. The van der Waals surface area contributed by atoms with Crippen molar-refractivity contribution in [3.05, 3.63) is 41.5 Å². The molecule has 3 rings (SSSR count). The molecule has 16 heavy (non-hydrogen) atoms. The molecule has 1 saturated carbocycles. The molecule has 80 valence electrons. The van der Waals surface area contributed by atoms with Crippen LogP contribution in [0, 0.1) is 23.2 Å². The second kappa shape index (κ2) is 3.38. The lowest BCUT2D eigenvalue weighted by Crippen LogP contribution is -2.35. The Labute approximate surface area is 95.2 Å². The van der Waals surface area contributed by atoms with Crippen LogP contribution in [0.4, 0.5) is 0 Å². The molecular weight excluding hydrogens is 198 g/mol. The van der Waals surface area contributed by atoms with Crippen LogP contribution in [-0.4, -0.2) is 7.11 Å². The maximum absolute atomic E-state index is 9.01. The number of ether oxygens (including phenoxy) is 1. The van der Waals surface area contributed by atoms with Gasteiger partial charge in [-0.05, 0) is 24.0 Å². The highest BCUT2D eigenvalue weighted by molar-refractivity contribution is 5.67. The molecule has 0 spiro atoms. The second-order valence-electron chi connectivity index (χ2n) is 4.48. The van der Waals surface area contributed by atoms with Crippen molar-refractivity contribution in [2.45, 2.75) is 12.3 Å². The third kappa shape index (κ3) is 1.12. The molecule has 0 amide bonds. The fourth-order valence-electron chi connectivity index (χ4n) is 2.87. The molecule has 2 nitrogen and oxygen atoms in total. The summed E-state index contributed by atoms with van der Waals surface area (Å²) in [7, 11) is 1.70. The van der Waals surface area contributed by atoms with Gasteiger partial charge in [-0.25, -0.2) is 0 Å². The van der Waals surface area contributed by atoms with E-state index in [-0.39, 0.29) is 5.92 Å². The maximum atomic E-state index is 9.01. The van der Waals surface area contributed by atoms with E-state index in [2.05, 4.69) is 30.3 Å². The average molecular weight is 211 g/mol. The Morgan fingerprint density at radius 2 is 2.19 bits per heavy atom. The molecule has 2 aliphatic rings. The van der Waals surface area contributed by atoms with Gasteiger partial charge in [-0.3, -0.25) is 0 Å². The number of benzene rings is 1. The molecule has 0 bridgehead atoms. The standard InChI is InChI=1S/C14H13NO/c1-16-14-7-12-9(8-15)6-13(12)10-4-2-3-5-11(10)14/h2-5,7,9,12-13H,6H2,1H3/t9-,12+,13+/m1/s1. The molecule has 1 aromatic carbocycles. The highest BCUT2D eigenvalue weighted by Gasteiger charge is 2.44. The van der Waals surface area contributed by atoms with Gasteiger partial charge < -0.3 is 4.74 Å². The van der Waals surface area contributed by atoms with Gasteiger partial charge in [0, 0.05) is 11.5 Å². The summed E-state index contributed by atoms with van der Waals surface area (Å²) in [5, 5.41) is 9.01. The minimum absolute atomic E-state index is 0.170. The first kappa shape index (κ1) is 9.47. The Balaban J connectivity index is 2.08. The summed E-state index contributed by atoms with van der Waals surface area (Å²) in [6.07, 6.45) is 3.12. The summed E-state index contributed by atoms with van der Waals surface area (Å²) >= 11 is 0. The quantitative estimate of drug-likeness (QED) is 0.715. The van der Waals surface area contributed by atoms with Gasteiger partial charge in [0.05, 0.1) is 19.1 Å². The molecule has 0 aliphatic heterocycles. The van der Waals surface area contributed by atoms with E-state index >= 15 is 0 Å². The number of nitrogens with zero attached hydrogens (tertiary/aromatic N) is 1. The summed E-state index contributed by atoms with van der Waals surface area (Å²) in [5.74, 6) is 1.98. The highest BCUT2D eigenvalue weighted by atomic mass is 16.5. The van der Waals surface area contributed by atoms with Crippen molar-refractivity contribution < 1.29 is 4.74 Å². The molecule has 2 heteroatoms. The first-order chi connectivity index (χ1) is 7.85. The lowest BCUT2D eigenvalue weighted by molar-refractivity contribution is 0.224. The van der Waals surface area contributed by atoms with Crippen LogP contribution >= 0.6 is 0 Å². The lowest BCUT2D eigenvalue weighted by Gasteiger charge is -2.43. The molecule has 2 aliphatic carbocycles. The van der Waals surface area contributed by atoms with E-state index in [1.807, 2.05) is 6.07 Å². The van der Waals surface area contributed by atoms with Gasteiger partial charge in [-0.15, -0.1) is 0 Å². The van der Waals surface area contributed by atoms with Gasteiger partial charge in [0.15, 0.2) is 0 Å². The predicted octanol–water partition coefficient (Wildman–Crippen LogP) is 2.93. The van der Waals surface area contributed by atoms with Crippen molar-refractivity contribution >= 4 is 5.76 Å². The zero-order valence-electron chi connectivity index (χ0n) is 9.18. The zero-order valence-corrected chi connectivity index (χ0v) is 9.18. The molecule has 0 N–H and O–H groups in total. The summed E-state index contributed by atoms with van der Waals surface area (Å²) in [4.78, 5) is 0. The van der Waals surface area contributed by atoms with Crippen LogP contribution in [-0.2, 0) is 4.74 Å². The SMILES string of the molecule is COC1=C[C@H]2[C@@H](C#N)C[C@H]2c2ccccc21. The third-order valence-electron chi connectivity index (χ3n) is 3.79. The average Bonchev–Trinajstić information content (AvgIpc) is 2.30. The molecule has 0 heterocycles. The van der Waals surface area contributed by atoms with Gasteiger partial charge in [0.25, 0.3) is 0 Å². The minimum atomic E-state index is 0.170. The fraction of sp³-hybridized carbons (Fsp3) is 0.357. The van der Waals surface area contributed by atoms with Gasteiger partial charge in [0.1, 0.15) is 5.76 Å². The molecule has 0 radical (unpaired) electrons. The first-order valence-electron chi connectivity index (χ1n) is 5.60. The molecule has 1 aromatic rings. The van der Waals surface area contributed by atoms with Crippen molar-refractivity contribution in [3.8, 4) is 6.07 Å². The van der Waals surface area contributed by atoms with Crippen molar-refractivity contribution in [1.82, 2.24) is 0 Å². The van der Waals surface area contributed by atoms with Crippen molar-refractivity contribution in [2.75, 3.05) is 7.11 Å². The third-order valence-corrected chi connectivity index (χ3v) is 3.79. The Morgan fingerprint density at radius 3 is 2.94 bits per heavy atom. The van der Waals surface area contributed by atoms with E-state index in [1.165, 1.54) is 11.1 Å². The number of rotatable bonds is 1. The minimum Gasteiger partial charge on any atom is -0.496 e. The topological polar surface area (TPSA) is 33.0 Å². The van der Waals surface area contributed by atoms with Crippen LogP contribution in [0.1, 0.15) is 23.5 Å². The van der Waals surface area contributed by atoms with E-state index in [1.54, 1.807) is 7.11 Å². The fourth-order valence-corrected chi connectivity index (χ4v) is 2.87. The number of hydrogen-bond donors (Lipinski definition) is 0. The molecule has 0 saturated heterocycles. The molecule has 0 aromatic heterocycles. The van der Waals surface area contributed by atoms with Crippen LogP contribution in [0.25, 0.3) is 5.76 Å². The largest absolute Gasteiger partial charge is 0.496 e. The second-order valence-corrected chi connectivity index (χ2v) is 4.48. The number of allylic oxidation sites excluding steroid dienone is 1. The van der Waals surface area contributed by atoms with E-state index in [0.29, 0.717) is 11.8 Å². The Hall–Kier alpha value is -1.75. The van der Waals surface area contributed by atoms with Gasteiger partial charge >= 0.3 is 0 Å². The van der Waals surface area contributed by atoms with Crippen molar-refractivity contribution in [1.29, 1.82) is 5.26 Å². The normalized spacial score (nSPS) is 30.2. The van der Waals surface area contributed by atoms with Crippen molar-refractivity contribution in [2.24, 2.45) is 11.8 Å². The number of nitriles is 1. The monoisotopic (exact) mass is 211 g/mol. The first-order valence-corrected chi connectivity index (χ1v) is 5.60. The predicted molar refractivity (Wildman–Crippen MR) is 61.4 cm³/mol. The van der Waals surface area contributed by atoms with Gasteiger partial charge in [0.2, 0.25) is 0 Å². The van der Waals surface area contributed by atoms with Crippen LogP contribution in [0.2, 0.25) is 0 Å². The lowest BCUT2D eigenvalue weighted by atomic mass is 9.59. The highest BCUT2D eigenvalue weighted by Crippen LogP contribution is 2.53. The van der Waals surface area contributed by atoms with Gasteiger partial charge in [-0.2, -0.15) is 5.26 Å². The number of hydrogen-bond acceptors (Lipinski definition) is 2. The van der Waals surface area contributed by atoms with Crippen LogP contribution in [0.5, 0.6) is 0 Å². The smallest absolute Gasteiger partial charge is 0.122 e. The molecular formula is C14H13NO.